The molecule has 2 N–H and O–H groups in total. The molecule has 0 aliphatic rings. The van der Waals surface area contributed by atoms with Crippen molar-refractivity contribution in [2.24, 2.45) is 0 Å². The minimum Gasteiger partial charge on any atom is -0.385 e. The Bertz CT molecular complexity index is 540. The van der Waals surface area contributed by atoms with Crippen LogP contribution in [0.15, 0.2) is 18.6 Å². The summed E-state index contributed by atoms with van der Waals surface area (Å²) in [5.74, 6) is 1.72. The number of nitrogens with one attached hydrogen (secondary N) is 2. The van der Waals surface area contributed by atoms with Gasteiger partial charge < -0.3 is 19.8 Å². The minimum absolute atomic E-state index is 0.833. The van der Waals surface area contributed by atoms with Gasteiger partial charge in [0.2, 0.25) is 0 Å². The number of nitrogens with zero attached hydrogens (tertiary/aromatic N) is 3. The van der Waals surface area contributed by atoms with Crippen molar-refractivity contribution in [1.29, 1.82) is 0 Å². The molecule has 2 heterocycles. The summed E-state index contributed by atoms with van der Waals surface area (Å²) in [6, 6.07) is 0. The van der Waals surface area contributed by atoms with Gasteiger partial charge >= 0.3 is 0 Å². The Morgan fingerprint density at radius 2 is 2.10 bits per heavy atom. The van der Waals surface area contributed by atoms with Crippen molar-refractivity contribution in [2.45, 2.75) is 32.6 Å². The largest absolute Gasteiger partial charge is 0.385 e. The first-order valence-electron chi connectivity index (χ1n) is 7.65. The molecule has 0 spiro atoms. The second kappa shape index (κ2) is 8.46. The van der Waals surface area contributed by atoms with Crippen molar-refractivity contribution in [3.05, 3.63) is 18.6 Å². The average molecular weight is 291 g/mol. The second-order valence-corrected chi connectivity index (χ2v) is 5.04. The Balaban J connectivity index is 1.95. The molecule has 0 aliphatic carbocycles. The standard InChI is InChI=1S/C15H25N5O/c1-3-7-16-13-12-20-10-9-18-15(20)14(19-13)17-8-5-4-6-11-21-2/h9-10,12,16H,3-8,11H2,1-2H3,(H,17,19). The van der Waals surface area contributed by atoms with Crippen LogP contribution in [0.4, 0.5) is 11.6 Å². The van der Waals surface area contributed by atoms with Crippen LogP contribution in [0, 0.1) is 0 Å². The number of ether oxygens (including phenoxy) is 1. The van der Waals surface area contributed by atoms with Crippen molar-refractivity contribution in [2.75, 3.05) is 37.4 Å². The Hall–Kier alpha value is -1.82. The van der Waals surface area contributed by atoms with Crippen LogP contribution in [-0.2, 0) is 4.74 Å². The van der Waals surface area contributed by atoms with Gasteiger partial charge in [0.15, 0.2) is 11.5 Å². The molecule has 116 valence electrons. The molecule has 0 saturated carbocycles. The Labute approximate surface area is 125 Å². The third kappa shape index (κ3) is 4.60. The number of hydrogen-bond acceptors (Lipinski definition) is 5. The molecule has 0 amide bonds. The third-order valence-electron chi connectivity index (χ3n) is 3.25. The van der Waals surface area contributed by atoms with Crippen molar-refractivity contribution < 1.29 is 4.74 Å². The minimum atomic E-state index is 0.833. The molecule has 0 atom stereocenters. The molecule has 0 aromatic carbocycles. The molecule has 0 fully saturated rings. The van der Waals surface area contributed by atoms with Gasteiger partial charge in [-0.1, -0.05) is 6.92 Å². The van der Waals surface area contributed by atoms with Gasteiger partial charge in [0, 0.05) is 39.2 Å². The van der Waals surface area contributed by atoms with E-state index >= 15 is 0 Å². The van der Waals surface area contributed by atoms with Gasteiger partial charge in [0.05, 0.1) is 6.20 Å². The molecule has 6 nitrogen and oxygen atoms in total. The van der Waals surface area contributed by atoms with Gasteiger partial charge in [0.1, 0.15) is 5.82 Å². The van der Waals surface area contributed by atoms with Gasteiger partial charge in [-0.25, -0.2) is 9.97 Å². The maximum atomic E-state index is 5.05. The van der Waals surface area contributed by atoms with E-state index < -0.39 is 0 Å². The molecule has 2 rings (SSSR count). The van der Waals surface area contributed by atoms with E-state index in [1.54, 1.807) is 13.3 Å². The number of methoxy groups -OCH3 is 1. The van der Waals surface area contributed by atoms with Crippen LogP contribution in [0.5, 0.6) is 0 Å². The highest BCUT2D eigenvalue weighted by Gasteiger charge is 2.06. The van der Waals surface area contributed by atoms with Crippen LogP contribution >= 0.6 is 0 Å². The highest BCUT2D eigenvalue weighted by molar-refractivity contribution is 5.65. The molecule has 0 bridgehead atoms. The van der Waals surface area contributed by atoms with Crippen LogP contribution in [-0.4, -0.2) is 41.2 Å². The van der Waals surface area contributed by atoms with Gasteiger partial charge in [-0.15, -0.1) is 0 Å². The van der Waals surface area contributed by atoms with E-state index in [2.05, 4.69) is 27.5 Å². The summed E-state index contributed by atoms with van der Waals surface area (Å²) in [5.41, 5.74) is 0.869. The number of aromatic nitrogens is 3. The SMILES string of the molecule is CCCNc1cn2ccnc2c(NCCCCCOC)n1. The van der Waals surface area contributed by atoms with Crippen LogP contribution < -0.4 is 10.6 Å². The average Bonchev–Trinajstić information content (AvgIpc) is 2.97. The molecule has 0 saturated heterocycles. The zero-order valence-corrected chi connectivity index (χ0v) is 12.9. The van der Waals surface area contributed by atoms with Crippen LogP contribution in [0.25, 0.3) is 5.65 Å². The molecule has 0 radical (unpaired) electrons. The van der Waals surface area contributed by atoms with E-state index in [4.69, 9.17) is 4.74 Å². The highest BCUT2D eigenvalue weighted by atomic mass is 16.5. The number of unbranched alkanes of at least 4 members (excludes halogenated alkanes) is 2. The summed E-state index contributed by atoms with van der Waals surface area (Å²) in [6.45, 7) is 4.79. The number of rotatable bonds is 10. The fourth-order valence-electron chi connectivity index (χ4n) is 2.14. The van der Waals surface area contributed by atoms with Gasteiger partial charge in [-0.2, -0.15) is 0 Å². The molecule has 2 aromatic heterocycles. The van der Waals surface area contributed by atoms with E-state index in [-0.39, 0.29) is 0 Å². The summed E-state index contributed by atoms with van der Waals surface area (Å²) >= 11 is 0. The molecule has 0 unspecified atom stereocenters. The van der Waals surface area contributed by atoms with Crippen molar-refractivity contribution >= 4 is 17.3 Å². The first-order valence-corrected chi connectivity index (χ1v) is 7.65. The van der Waals surface area contributed by atoms with Crippen LogP contribution in [0.3, 0.4) is 0 Å². The van der Waals surface area contributed by atoms with Gasteiger partial charge in [0.25, 0.3) is 0 Å². The van der Waals surface area contributed by atoms with Gasteiger partial charge in [-0.05, 0) is 25.7 Å². The lowest BCUT2D eigenvalue weighted by Gasteiger charge is -2.10. The zero-order chi connectivity index (χ0) is 14.9. The molecule has 21 heavy (non-hydrogen) atoms. The number of hydrogen-bond donors (Lipinski definition) is 2. The molecular formula is C15H25N5O. The smallest absolute Gasteiger partial charge is 0.180 e. The summed E-state index contributed by atoms with van der Waals surface area (Å²) in [7, 11) is 1.74. The predicted octanol–water partition coefficient (Wildman–Crippen LogP) is 2.78. The number of fused-ring (bicyclic) bond motifs is 1. The number of imidazole rings is 1. The normalized spacial score (nSPS) is 11.0. The fourth-order valence-corrected chi connectivity index (χ4v) is 2.14. The molecule has 2 aromatic rings. The summed E-state index contributed by atoms with van der Waals surface area (Å²) < 4.78 is 7.05. The molecule has 6 heteroatoms. The maximum absolute atomic E-state index is 5.05. The Morgan fingerprint density at radius 3 is 2.90 bits per heavy atom. The fraction of sp³-hybridized carbons (Fsp3) is 0.600. The highest BCUT2D eigenvalue weighted by Crippen LogP contribution is 2.16. The monoisotopic (exact) mass is 291 g/mol. The predicted molar refractivity (Wildman–Crippen MR) is 86.0 cm³/mol. The summed E-state index contributed by atoms with van der Waals surface area (Å²) in [4.78, 5) is 8.97. The van der Waals surface area contributed by atoms with E-state index in [9.17, 15) is 0 Å². The Kier molecular flexibility index (Phi) is 6.27. The topological polar surface area (TPSA) is 63.5 Å². The lowest BCUT2D eigenvalue weighted by atomic mass is 10.2. The Morgan fingerprint density at radius 1 is 1.19 bits per heavy atom. The maximum Gasteiger partial charge on any atom is 0.180 e. The third-order valence-corrected chi connectivity index (χ3v) is 3.25. The van der Waals surface area contributed by atoms with Crippen LogP contribution in [0.1, 0.15) is 32.6 Å². The van der Waals surface area contributed by atoms with Crippen molar-refractivity contribution in [1.82, 2.24) is 14.4 Å². The van der Waals surface area contributed by atoms with Crippen LogP contribution in [0.2, 0.25) is 0 Å². The van der Waals surface area contributed by atoms with Crippen molar-refractivity contribution in [3.63, 3.8) is 0 Å². The van der Waals surface area contributed by atoms with E-state index in [1.807, 2.05) is 16.8 Å². The van der Waals surface area contributed by atoms with E-state index in [1.165, 1.54) is 0 Å². The number of anilines is 2. The first kappa shape index (κ1) is 15.6. The quantitative estimate of drug-likeness (QED) is 0.659. The van der Waals surface area contributed by atoms with E-state index in [0.717, 1.165) is 62.7 Å². The first-order chi connectivity index (χ1) is 10.3. The lowest BCUT2D eigenvalue weighted by molar-refractivity contribution is 0.192. The molecular weight excluding hydrogens is 266 g/mol. The summed E-state index contributed by atoms with van der Waals surface area (Å²) in [5, 5.41) is 6.71. The summed E-state index contributed by atoms with van der Waals surface area (Å²) in [6.07, 6.45) is 10.1. The second-order valence-electron chi connectivity index (χ2n) is 5.04. The molecule has 0 aliphatic heterocycles. The van der Waals surface area contributed by atoms with E-state index in [0.29, 0.717) is 0 Å². The zero-order valence-electron chi connectivity index (χ0n) is 12.9. The van der Waals surface area contributed by atoms with Gasteiger partial charge in [-0.3, -0.25) is 0 Å². The van der Waals surface area contributed by atoms with Crippen molar-refractivity contribution in [3.8, 4) is 0 Å². The lowest BCUT2D eigenvalue weighted by Crippen LogP contribution is -2.09.